The van der Waals surface area contributed by atoms with Gasteiger partial charge in [-0.2, -0.15) is 13.2 Å². The molecule has 0 saturated carbocycles. The lowest BCUT2D eigenvalue weighted by Gasteiger charge is -2.42. The fourth-order valence-corrected chi connectivity index (χ4v) is 4.48. The minimum atomic E-state index is -4.93. The number of rotatable bonds is 3. The lowest BCUT2D eigenvalue weighted by atomic mass is 9.76. The Morgan fingerprint density at radius 3 is 2.38 bits per heavy atom. The monoisotopic (exact) mass is 407 g/mol. The third kappa shape index (κ3) is 2.89. The number of carbonyl (C=O) groups is 1. The Hall–Kier alpha value is -2.90. The predicted molar refractivity (Wildman–Crippen MR) is 99.5 cm³/mol. The van der Waals surface area contributed by atoms with Gasteiger partial charge in [-0.1, -0.05) is 12.1 Å². The van der Waals surface area contributed by atoms with Gasteiger partial charge < -0.3 is 19.1 Å². The number of hydrogen-bond donors (Lipinski definition) is 0. The van der Waals surface area contributed by atoms with Crippen molar-refractivity contribution in [1.29, 1.82) is 0 Å². The maximum Gasteiger partial charge on any atom is 0.471 e. The second-order valence-electron chi connectivity index (χ2n) is 7.02. The number of alkyl halides is 3. The highest BCUT2D eigenvalue weighted by atomic mass is 19.4. The van der Waals surface area contributed by atoms with Crippen molar-refractivity contribution in [3.63, 3.8) is 0 Å². The summed E-state index contributed by atoms with van der Waals surface area (Å²) in [4.78, 5) is 13.1. The molecule has 5 nitrogen and oxygen atoms in total. The molecule has 0 unspecified atom stereocenters. The van der Waals surface area contributed by atoms with Gasteiger partial charge in [-0.25, -0.2) is 0 Å². The molecule has 0 fully saturated rings. The van der Waals surface area contributed by atoms with E-state index in [0.717, 1.165) is 21.6 Å². The normalized spacial score (nSPS) is 17.3. The Morgan fingerprint density at radius 2 is 1.76 bits per heavy atom. The van der Waals surface area contributed by atoms with Crippen LogP contribution in [-0.4, -0.2) is 44.9 Å². The molecule has 0 saturated heterocycles. The molecule has 1 amide bonds. The number of ether oxygens (including phenoxy) is 3. The Morgan fingerprint density at radius 1 is 1.03 bits per heavy atom. The molecule has 2 aliphatic rings. The first-order valence-corrected chi connectivity index (χ1v) is 9.13. The molecule has 29 heavy (non-hydrogen) atoms. The molecule has 154 valence electrons. The van der Waals surface area contributed by atoms with E-state index in [9.17, 15) is 18.0 Å². The zero-order valence-electron chi connectivity index (χ0n) is 16.2. The average Bonchev–Trinajstić information content (AvgIpc) is 2.71. The van der Waals surface area contributed by atoms with E-state index < -0.39 is 18.1 Å². The molecule has 1 atom stereocenters. The Bertz CT molecular complexity index is 987. The highest BCUT2D eigenvalue weighted by molar-refractivity contribution is 5.89. The van der Waals surface area contributed by atoms with Crippen molar-refractivity contribution in [2.45, 2.75) is 25.1 Å². The van der Waals surface area contributed by atoms with Gasteiger partial charge in [-0.3, -0.25) is 4.79 Å². The number of hydrogen-bond acceptors (Lipinski definition) is 4. The maximum absolute atomic E-state index is 13.3. The minimum Gasteiger partial charge on any atom is -0.496 e. The first-order chi connectivity index (χ1) is 13.8. The number of carbonyl (C=O) groups excluding carboxylic acids is 1. The fourth-order valence-electron chi connectivity index (χ4n) is 4.48. The van der Waals surface area contributed by atoms with Crippen molar-refractivity contribution in [3.05, 3.63) is 41.0 Å². The highest BCUT2D eigenvalue weighted by Gasteiger charge is 2.48. The van der Waals surface area contributed by atoms with Crippen LogP contribution in [0.15, 0.2) is 24.3 Å². The number of halogens is 3. The number of nitrogens with zero attached hydrogens (tertiary/aromatic N) is 1. The molecule has 2 aromatic rings. The van der Waals surface area contributed by atoms with Crippen LogP contribution in [0.1, 0.15) is 22.7 Å². The molecule has 1 aliphatic carbocycles. The zero-order chi connectivity index (χ0) is 20.9. The maximum atomic E-state index is 13.3. The standard InChI is InChI=1S/C21H20F3NO4/c1-27-14-6-4-5-11-9-13-16-12(7-8-25(13)20(26)21(22,23)24)10-15(28-2)19(29-3)18(16)17(11)14/h4-6,10,13H,7-9H2,1-3H3/t13-/m1/s1. The van der Waals surface area contributed by atoms with Crippen molar-refractivity contribution in [3.8, 4) is 28.4 Å². The van der Waals surface area contributed by atoms with Crippen LogP contribution < -0.4 is 14.2 Å². The van der Waals surface area contributed by atoms with E-state index in [1.54, 1.807) is 25.3 Å². The van der Waals surface area contributed by atoms with Crippen molar-refractivity contribution in [2.75, 3.05) is 27.9 Å². The Labute approximate surface area is 166 Å². The molecule has 8 heteroatoms. The van der Waals surface area contributed by atoms with Crippen molar-refractivity contribution >= 4 is 5.91 Å². The molecule has 1 heterocycles. The van der Waals surface area contributed by atoms with E-state index in [4.69, 9.17) is 14.2 Å². The summed E-state index contributed by atoms with van der Waals surface area (Å²) in [7, 11) is 4.55. The van der Waals surface area contributed by atoms with Crippen LogP contribution >= 0.6 is 0 Å². The van der Waals surface area contributed by atoms with E-state index in [-0.39, 0.29) is 13.0 Å². The van der Waals surface area contributed by atoms with Gasteiger partial charge in [0, 0.05) is 17.7 Å². The Kier molecular flexibility index (Phi) is 4.59. The molecule has 4 rings (SSSR count). The van der Waals surface area contributed by atoms with Gasteiger partial charge in [-0.05, 0) is 41.7 Å². The lowest BCUT2D eigenvalue weighted by Crippen LogP contribution is -2.48. The molecule has 0 N–H and O–H groups in total. The Balaban J connectivity index is 2.02. The van der Waals surface area contributed by atoms with Crippen LogP contribution in [0.3, 0.4) is 0 Å². The van der Waals surface area contributed by atoms with Crippen LogP contribution in [0, 0.1) is 0 Å². The second kappa shape index (κ2) is 6.86. The fraction of sp³-hybridized carbons (Fsp3) is 0.381. The lowest BCUT2D eigenvalue weighted by molar-refractivity contribution is -0.188. The van der Waals surface area contributed by atoms with E-state index >= 15 is 0 Å². The zero-order valence-corrected chi connectivity index (χ0v) is 16.2. The molecule has 0 radical (unpaired) electrons. The molecule has 0 aromatic heterocycles. The van der Waals surface area contributed by atoms with Crippen LogP contribution in [0.2, 0.25) is 0 Å². The third-order valence-corrected chi connectivity index (χ3v) is 5.63. The number of benzene rings is 2. The van der Waals surface area contributed by atoms with Crippen LogP contribution in [0.5, 0.6) is 17.2 Å². The number of methoxy groups -OCH3 is 3. The third-order valence-electron chi connectivity index (χ3n) is 5.63. The van der Waals surface area contributed by atoms with Gasteiger partial charge >= 0.3 is 12.1 Å². The first kappa shape index (κ1) is 19.4. The van der Waals surface area contributed by atoms with Crippen LogP contribution in [0.4, 0.5) is 13.2 Å². The van der Waals surface area contributed by atoms with Crippen molar-refractivity contribution < 1.29 is 32.2 Å². The van der Waals surface area contributed by atoms with Crippen LogP contribution in [0.25, 0.3) is 11.1 Å². The van der Waals surface area contributed by atoms with E-state index in [1.807, 2.05) is 6.07 Å². The molecule has 2 aromatic carbocycles. The second-order valence-corrected chi connectivity index (χ2v) is 7.02. The molecular formula is C21H20F3NO4. The molecule has 1 aliphatic heterocycles. The highest BCUT2D eigenvalue weighted by Crippen LogP contribution is 2.55. The summed E-state index contributed by atoms with van der Waals surface area (Å²) in [5, 5.41) is 0. The van der Waals surface area contributed by atoms with Gasteiger partial charge in [0.2, 0.25) is 0 Å². The van der Waals surface area contributed by atoms with Gasteiger partial charge in [0.15, 0.2) is 11.5 Å². The molecule has 0 spiro atoms. The van der Waals surface area contributed by atoms with Gasteiger partial charge in [-0.15, -0.1) is 0 Å². The van der Waals surface area contributed by atoms with E-state index in [0.29, 0.717) is 34.8 Å². The summed E-state index contributed by atoms with van der Waals surface area (Å²) in [6.45, 7) is -0.00969. The first-order valence-electron chi connectivity index (χ1n) is 9.13. The summed E-state index contributed by atoms with van der Waals surface area (Å²) < 4.78 is 56.4. The van der Waals surface area contributed by atoms with Gasteiger partial charge in [0.1, 0.15) is 5.75 Å². The molecular weight excluding hydrogens is 387 g/mol. The van der Waals surface area contributed by atoms with Crippen LogP contribution in [-0.2, 0) is 17.6 Å². The smallest absolute Gasteiger partial charge is 0.471 e. The average molecular weight is 407 g/mol. The number of fused-ring (bicyclic) bond motifs is 2. The summed E-state index contributed by atoms with van der Waals surface area (Å²) in [5.74, 6) is -0.313. The predicted octanol–water partition coefficient (Wildman–Crippen LogP) is 3.92. The van der Waals surface area contributed by atoms with Gasteiger partial charge in [0.05, 0.1) is 27.4 Å². The van der Waals surface area contributed by atoms with E-state index in [2.05, 4.69) is 0 Å². The van der Waals surface area contributed by atoms with Gasteiger partial charge in [0.25, 0.3) is 0 Å². The quantitative estimate of drug-likeness (QED) is 0.774. The summed E-state index contributed by atoms with van der Waals surface area (Å²) in [6, 6.07) is 6.48. The summed E-state index contributed by atoms with van der Waals surface area (Å²) in [6.07, 6.45) is -4.36. The largest absolute Gasteiger partial charge is 0.496 e. The van der Waals surface area contributed by atoms with Crippen molar-refractivity contribution in [2.24, 2.45) is 0 Å². The SMILES string of the molecule is COc1cc2c3c(c1OC)-c1c(cccc1OC)C[C@H]3N(C(=O)C(F)(F)F)CC2. The summed E-state index contributed by atoms with van der Waals surface area (Å²) in [5.41, 5.74) is 3.71. The molecule has 0 bridgehead atoms. The van der Waals surface area contributed by atoms with E-state index in [1.165, 1.54) is 14.2 Å². The number of amides is 1. The topological polar surface area (TPSA) is 48.0 Å². The van der Waals surface area contributed by atoms with Crippen molar-refractivity contribution in [1.82, 2.24) is 4.90 Å². The minimum absolute atomic E-state index is 0.00969. The summed E-state index contributed by atoms with van der Waals surface area (Å²) >= 11 is 0.